The minimum absolute atomic E-state index is 0.0145. The molecule has 0 aromatic rings. The molecule has 0 unspecified atom stereocenters. The maximum atomic E-state index is 12.4. The van der Waals surface area contributed by atoms with Crippen molar-refractivity contribution >= 4 is 29.5 Å². The second-order valence-corrected chi connectivity index (χ2v) is 9.88. The Hall–Kier alpha value is -1.28. The van der Waals surface area contributed by atoms with Crippen LogP contribution in [0.2, 0.25) is 0 Å². The summed E-state index contributed by atoms with van der Waals surface area (Å²) in [6.45, 7) is 2.12. The Morgan fingerprint density at radius 3 is 2.21 bits per heavy atom. The molecule has 156 valence electrons. The molecule has 7 nitrogen and oxygen atoms in total. The van der Waals surface area contributed by atoms with E-state index in [0.717, 1.165) is 37.0 Å². The fourth-order valence-electron chi connectivity index (χ4n) is 5.91. The summed E-state index contributed by atoms with van der Waals surface area (Å²) in [5.41, 5.74) is -0.0580. The Balaban J connectivity index is 1.13. The summed E-state index contributed by atoms with van der Waals surface area (Å²) in [5, 5.41) is 3.20. The Morgan fingerprint density at radius 2 is 1.61 bits per heavy atom. The molecule has 1 heterocycles. The van der Waals surface area contributed by atoms with E-state index < -0.39 is 5.97 Å². The molecule has 0 radical (unpaired) electrons. The highest BCUT2D eigenvalue weighted by Crippen LogP contribution is 2.55. The van der Waals surface area contributed by atoms with Crippen LogP contribution in [0.3, 0.4) is 0 Å². The lowest BCUT2D eigenvalue weighted by molar-refractivity contribution is -0.147. The number of esters is 1. The number of hydrogen-bond donors (Lipinski definition) is 1. The van der Waals surface area contributed by atoms with Gasteiger partial charge in [-0.25, -0.2) is 0 Å². The molecular weight excluding hydrogens is 380 g/mol. The summed E-state index contributed by atoms with van der Waals surface area (Å²) >= 11 is 1.23. The quantitative estimate of drug-likeness (QED) is 0.635. The van der Waals surface area contributed by atoms with Crippen molar-refractivity contribution in [2.45, 2.75) is 44.1 Å². The van der Waals surface area contributed by atoms with Gasteiger partial charge in [-0.15, -0.1) is 11.8 Å². The van der Waals surface area contributed by atoms with Crippen LogP contribution in [0.25, 0.3) is 0 Å². The molecule has 4 aliphatic carbocycles. The van der Waals surface area contributed by atoms with E-state index in [-0.39, 0.29) is 35.5 Å². The molecule has 0 aromatic carbocycles. The van der Waals surface area contributed by atoms with Crippen LogP contribution in [0.1, 0.15) is 38.5 Å². The first-order valence-electron chi connectivity index (χ1n) is 10.4. The third kappa shape index (κ3) is 4.82. The zero-order valence-corrected chi connectivity index (χ0v) is 17.1. The Labute approximate surface area is 170 Å². The minimum Gasteiger partial charge on any atom is -0.455 e. The van der Waals surface area contributed by atoms with Crippen molar-refractivity contribution in [2.24, 2.45) is 17.8 Å². The summed E-state index contributed by atoms with van der Waals surface area (Å²) in [7, 11) is 0. The number of amides is 2. The monoisotopic (exact) mass is 410 g/mol. The van der Waals surface area contributed by atoms with Gasteiger partial charge in [0.05, 0.1) is 24.7 Å². The molecule has 1 aliphatic heterocycles. The van der Waals surface area contributed by atoms with Crippen molar-refractivity contribution in [3.05, 3.63) is 0 Å². The maximum absolute atomic E-state index is 12.4. The molecule has 28 heavy (non-hydrogen) atoms. The van der Waals surface area contributed by atoms with Crippen LogP contribution < -0.4 is 5.32 Å². The normalized spacial score (nSPS) is 33.6. The van der Waals surface area contributed by atoms with Crippen molar-refractivity contribution < 1.29 is 23.9 Å². The van der Waals surface area contributed by atoms with E-state index in [4.69, 9.17) is 9.47 Å². The van der Waals surface area contributed by atoms with Crippen LogP contribution in [0.5, 0.6) is 0 Å². The van der Waals surface area contributed by atoms with Gasteiger partial charge in [0.15, 0.2) is 6.61 Å². The van der Waals surface area contributed by atoms with Gasteiger partial charge < -0.3 is 19.7 Å². The van der Waals surface area contributed by atoms with E-state index in [1.54, 1.807) is 4.90 Å². The number of ether oxygens (including phenoxy) is 2. The highest BCUT2D eigenvalue weighted by atomic mass is 32.2. The first-order valence-corrected chi connectivity index (χ1v) is 11.6. The molecule has 5 fully saturated rings. The fourth-order valence-corrected chi connectivity index (χ4v) is 6.62. The molecule has 1 saturated heterocycles. The van der Waals surface area contributed by atoms with Gasteiger partial charge in [0, 0.05) is 18.6 Å². The van der Waals surface area contributed by atoms with Crippen LogP contribution in [-0.4, -0.2) is 72.6 Å². The lowest BCUT2D eigenvalue weighted by Gasteiger charge is -2.56. The Morgan fingerprint density at radius 1 is 1.00 bits per heavy atom. The molecule has 4 bridgehead atoms. The van der Waals surface area contributed by atoms with E-state index in [2.05, 4.69) is 5.32 Å². The first-order chi connectivity index (χ1) is 13.5. The van der Waals surface area contributed by atoms with E-state index in [1.165, 1.54) is 31.0 Å². The zero-order valence-electron chi connectivity index (χ0n) is 16.3. The van der Waals surface area contributed by atoms with E-state index in [0.29, 0.717) is 26.3 Å². The Kier molecular flexibility index (Phi) is 6.16. The maximum Gasteiger partial charge on any atom is 0.316 e. The Bertz CT molecular complexity index is 584. The van der Waals surface area contributed by atoms with Crippen LogP contribution >= 0.6 is 11.8 Å². The highest BCUT2D eigenvalue weighted by molar-refractivity contribution is 8.00. The van der Waals surface area contributed by atoms with Crippen molar-refractivity contribution in [3.8, 4) is 0 Å². The second-order valence-electron chi connectivity index (χ2n) is 8.89. The van der Waals surface area contributed by atoms with Gasteiger partial charge in [-0.2, -0.15) is 0 Å². The van der Waals surface area contributed by atoms with Crippen LogP contribution in [0, 0.1) is 17.8 Å². The molecule has 1 N–H and O–H groups in total. The van der Waals surface area contributed by atoms with E-state index in [1.807, 2.05) is 0 Å². The molecule has 8 heteroatoms. The van der Waals surface area contributed by atoms with Gasteiger partial charge in [0.2, 0.25) is 5.91 Å². The van der Waals surface area contributed by atoms with Crippen molar-refractivity contribution in [1.82, 2.24) is 10.2 Å². The van der Waals surface area contributed by atoms with Gasteiger partial charge in [0.25, 0.3) is 5.91 Å². The van der Waals surface area contributed by atoms with Gasteiger partial charge in [-0.1, -0.05) is 0 Å². The van der Waals surface area contributed by atoms with Crippen LogP contribution in [-0.2, 0) is 23.9 Å². The highest BCUT2D eigenvalue weighted by Gasteiger charge is 2.51. The molecule has 0 aromatic heterocycles. The van der Waals surface area contributed by atoms with Gasteiger partial charge >= 0.3 is 5.97 Å². The largest absolute Gasteiger partial charge is 0.455 e. The number of nitrogens with zero attached hydrogens (tertiary/aromatic N) is 1. The average molecular weight is 411 g/mol. The standard InChI is InChI=1S/C20H30N2O5S/c23-17(21-20-8-14-5-15(9-20)7-16(6-14)10-20)11-27-19(25)13-28-12-18(24)22-1-3-26-4-2-22/h14-16H,1-13H2,(H,21,23). The summed E-state index contributed by atoms with van der Waals surface area (Å²) in [6, 6.07) is 0. The van der Waals surface area contributed by atoms with E-state index >= 15 is 0 Å². The van der Waals surface area contributed by atoms with Crippen molar-refractivity contribution in [3.63, 3.8) is 0 Å². The van der Waals surface area contributed by atoms with Gasteiger partial charge in [0.1, 0.15) is 0 Å². The first kappa shape index (κ1) is 20.0. The minimum atomic E-state index is -0.444. The van der Waals surface area contributed by atoms with Crippen LogP contribution in [0.15, 0.2) is 0 Å². The lowest BCUT2D eigenvalue weighted by Crippen LogP contribution is -2.60. The molecule has 2 amide bonds. The second kappa shape index (κ2) is 8.61. The van der Waals surface area contributed by atoms with Crippen molar-refractivity contribution in [2.75, 3.05) is 44.4 Å². The predicted octanol–water partition coefficient (Wildman–Crippen LogP) is 1.21. The third-order valence-corrected chi connectivity index (χ3v) is 7.51. The molecule has 0 spiro atoms. The summed E-state index contributed by atoms with van der Waals surface area (Å²) in [4.78, 5) is 38.0. The number of hydrogen-bond acceptors (Lipinski definition) is 6. The number of carbonyl (C=O) groups is 3. The third-order valence-electron chi connectivity index (χ3n) is 6.62. The summed E-state index contributed by atoms with van der Waals surface area (Å²) < 4.78 is 10.3. The fraction of sp³-hybridized carbons (Fsp3) is 0.850. The molecule has 5 aliphatic rings. The van der Waals surface area contributed by atoms with Crippen molar-refractivity contribution in [1.29, 1.82) is 0 Å². The number of nitrogens with one attached hydrogen (secondary N) is 1. The molecular formula is C20H30N2O5S. The lowest BCUT2D eigenvalue weighted by atomic mass is 9.53. The van der Waals surface area contributed by atoms with Gasteiger partial charge in [-0.05, 0) is 56.3 Å². The van der Waals surface area contributed by atoms with Gasteiger partial charge in [-0.3, -0.25) is 14.4 Å². The SMILES string of the molecule is O=C(COC(=O)CSCC(=O)N1CCOCC1)NC12CC3CC(CC(C3)C1)C2. The smallest absolute Gasteiger partial charge is 0.316 e. The van der Waals surface area contributed by atoms with Crippen LogP contribution in [0.4, 0.5) is 0 Å². The average Bonchev–Trinajstić information content (AvgIpc) is 2.65. The topological polar surface area (TPSA) is 84.9 Å². The summed E-state index contributed by atoms with van der Waals surface area (Å²) in [6.07, 6.45) is 7.22. The van der Waals surface area contributed by atoms with E-state index in [9.17, 15) is 14.4 Å². The predicted molar refractivity (Wildman–Crippen MR) is 105 cm³/mol. The number of morpholine rings is 1. The number of rotatable bonds is 7. The summed E-state index contributed by atoms with van der Waals surface area (Å²) in [5.74, 6) is 1.99. The number of thioether (sulfide) groups is 1. The zero-order chi connectivity index (χ0) is 19.6. The molecule has 5 rings (SSSR count). The number of carbonyl (C=O) groups excluding carboxylic acids is 3. The molecule has 4 saturated carbocycles. The molecule has 0 atom stereocenters.